The Bertz CT molecular complexity index is 476. The molecule has 0 saturated carbocycles. The number of halogens is 1. The number of hydrogen-bond donors (Lipinski definition) is 3. The maximum atomic E-state index is 11.4. The number of aromatic hydroxyl groups is 1. The Morgan fingerprint density at radius 1 is 1.56 bits per heavy atom. The maximum absolute atomic E-state index is 11.4. The zero-order chi connectivity index (χ0) is 11.7. The van der Waals surface area contributed by atoms with Crippen molar-refractivity contribution in [3.8, 4) is 5.75 Å². The summed E-state index contributed by atoms with van der Waals surface area (Å²) in [6.45, 7) is 0. The van der Waals surface area contributed by atoms with Gasteiger partial charge in [-0.2, -0.15) is 0 Å². The third kappa shape index (κ3) is 2.56. The highest BCUT2D eigenvalue weighted by molar-refractivity contribution is 9.10. The lowest BCUT2D eigenvalue weighted by Crippen LogP contribution is -2.19. The molecular weight excluding hydrogens is 310 g/mol. The number of thioether (sulfide) groups is 1. The molecule has 1 aromatic rings. The summed E-state index contributed by atoms with van der Waals surface area (Å²) in [5.41, 5.74) is 0.606. The van der Waals surface area contributed by atoms with Crippen molar-refractivity contribution in [2.45, 2.75) is 4.71 Å². The van der Waals surface area contributed by atoms with Crippen LogP contribution >= 0.6 is 40.3 Å². The number of benzene rings is 1. The number of carbonyl (C=O) groups is 1. The summed E-state index contributed by atoms with van der Waals surface area (Å²) >= 11 is 8.77. The molecule has 1 atom stereocenters. The molecule has 0 aromatic heterocycles. The molecule has 3 nitrogen and oxygen atoms in total. The van der Waals surface area contributed by atoms with E-state index in [-0.39, 0.29) is 16.4 Å². The average molecular weight is 318 g/mol. The van der Waals surface area contributed by atoms with Crippen LogP contribution in [0.1, 0.15) is 5.56 Å². The Kier molecular flexibility index (Phi) is 3.51. The lowest BCUT2D eigenvalue weighted by Gasteiger charge is -2.00. The third-order valence-electron chi connectivity index (χ3n) is 1.99. The van der Waals surface area contributed by atoms with E-state index in [1.807, 2.05) is 0 Å². The maximum Gasteiger partial charge on any atom is 0.259 e. The van der Waals surface area contributed by atoms with Gasteiger partial charge in [0.05, 0.1) is 4.91 Å². The zero-order valence-electron chi connectivity index (χ0n) is 7.98. The van der Waals surface area contributed by atoms with Crippen LogP contribution in [0, 0.1) is 0 Å². The van der Waals surface area contributed by atoms with Crippen molar-refractivity contribution in [1.82, 2.24) is 5.32 Å². The highest BCUT2D eigenvalue weighted by Crippen LogP contribution is 2.33. The zero-order valence-corrected chi connectivity index (χ0v) is 11.3. The summed E-state index contributed by atoms with van der Waals surface area (Å²) < 4.78 is 0.635. The summed E-state index contributed by atoms with van der Waals surface area (Å²) in [5.74, 6) is -0.0175. The highest BCUT2D eigenvalue weighted by Gasteiger charge is 2.24. The van der Waals surface area contributed by atoms with Crippen LogP contribution in [0.4, 0.5) is 0 Å². The van der Waals surface area contributed by atoms with Crippen molar-refractivity contribution < 1.29 is 9.90 Å². The van der Waals surface area contributed by atoms with E-state index >= 15 is 0 Å². The van der Waals surface area contributed by atoms with Crippen LogP contribution in [0.25, 0.3) is 6.08 Å². The summed E-state index contributed by atoms with van der Waals surface area (Å²) in [7, 11) is 0. The van der Waals surface area contributed by atoms with Crippen molar-refractivity contribution in [2.75, 3.05) is 0 Å². The van der Waals surface area contributed by atoms with E-state index in [4.69, 9.17) is 0 Å². The first kappa shape index (κ1) is 11.9. The molecule has 0 aliphatic carbocycles. The molecule has 1 aliphatic rings. The van der Waals surface area contributed by atoms with Gasteiger partial charge in [0.1, 0.15) is 10.5 Å². The molecule has 1 aliphatic heterocycles. The minimum atomic E-state index is -0.215. The Hall–Kier alpha value is -0.590. The van der Waals surface area contributed by atoms with Crippen LogP contribution in [0.3, 0.4) is 0 Å². The van der Waals surface area contributed by atoms with E-state index < -0.39 is 0 Å². The van der Waals surface area contributed by atoms with Gasteiger partial charge < -0.3 is 10.4 Å². The average Bonchev–Trinajstić information content (AvgIpc) is 2.51. The fraction of sp³-hybridized carbons (Fsp3) is 0.100. The van der Waals surface area contributed by atoms with Crippen LogP contribution in [-0.2, 0) is 4.79 Å². The van der Waals surface area contributed by atoms with E-state index in [1.165, 1.54) is 11.8 Å². The molecule has 2 N–H and O–H groups in total. The van der Waals surface area contributed by atoms with Crippen molar-refractivity contribution in [1.29, 1.82) is 0 Å². The van der Waals surface area contributed by atoms with Gasteiger partial charge in [-0.1, -0.05) is 27.7 Å². The number of amides is 1. The van der Waals surface area contributed by atoms with Gasteiger partial charge in [-0.15, -0.1) is 12.6 Å². The Morgan fingerprint density at radius 2 is 2.31 bits per heavy atom. The smallest absolute Gasteiger partial charge is 0.259 e. The lowest BCUT2D eigenvalue weighted by molar-refractivity contribution is -0.116. The van der Waals surface area contributed by atoms with Crippen molar-refractivity contribution >= 4 is 52.3 Å². The number of nitrogens with one attached hydrogen (secondary N) is 1. The molecule has 1 saturated heterocycles. The lowest BCUT2D eigenvalue weighted by atomic mass is 10.2. The number of thiol groups is 1. The largest absolute Gasteiger partial charge is 0.507 e. The van der Waals surface area contributed by atoms with Crippen LogP contribution in [0.15, 0.2) is 27.6 Å². The number of phenolic OH excluding ortho intramolecular Hbond substituents is 1. The summed E-state index contributed by atoms with van der Waals surface area (Å²) in [6.07, 6.45) is 1.65. The third-order valence-corrected chi connectivity index (χ3v) is 3.83. The van der Waals surface area contributed by atoms with Crippen LogP contribution in [0.5, 0.6) is 5.75 Å². The standard InChI is InChI=1S/C10H8BrNO2S2/c11-6-1-2-7(13)5(3-6)4-8-9(14)12-10(15)16-8/h1-4,10,13,15H,(H,12,14)/b8-4-. The summed E-state index contributed by atoms with van der Waals surface area (Å²) in [5, 5.41) is 12.3. The number of carbonyl (C=O) groups excluding carboxylic acids is 1. The van der Waals surface area contributed by atoms with Gasteiger partial charge in [-0.25, -0.2) is 0 Å². The molecule has 2 rings (SSSR count). The van der Waals surface area contributed by atoms with E-state index in [0.717, 1.165) is 4.47 Å². The molecule has 1 amide bonds. The molecule has 0 bridgehead atoms. The first-order chi connectivity index (χ1) is 7.56. The second kappa shape index (κ2) is 4.73. The normalized spacial score (nSPS) is 22.5. The van der Waals surface area contributed by atoms with Crippen LogP contribution < -0.4 is 5.32 Å². The van der Waals surface area contributed by atoms with E-state index in [1.54, 1.807) is 24.3 Å². The predicted octanol–water partition coefficient (Wildman–Crippen LogP) is 2.57. The molecule has 1 aromatic carbocycles. The topological polar surface area (TPSA) is 49.3 Å². The fourth-order valence-corrected chi connectivity index (χ4v) is 2.87. The van der Waals surface area contributed by atoms with Crippen molar-refractivity contribution in [3.63, 3.8) is 0 Å². The fourth-order valence-electron chi connectivity index (χ4n) is 1.27. The molecule has 16 heavy (non-hydrogen) atoms. The van der Waals surface area contributed by atoms with Crippen molar-refractivity contribution in [2.24, 2.45) is 0 Å². The van der Waals surface area contributed by atoms with E-state index in [2.05, 4.69) is 33.9 Å². The molecular formula is C10H8BrNO2S2. The van der Waals surface area contributed by atoms with Crippen LogP contribution in [-0.4, -0.2) is 15.7 Å². The van der Waals surface area contributed by atoms with Gasteiger partial charge >= 0.3 is 0 Å². The van der Waals surface area contributed by atoms with Gasteiger partial charge in [0.2, 0.25) is 0 Å². The number of hydrogen-bond acceptors (Lipinski definition) is 4. The van der Waals surface area contributed by atoms with Gasteiger partial charge in [-0.05, 0) is 24.3 Å². The van der Waals surface area contributed by atoms with E-state index in [0.29, 0.717) is 10.5 Å². The highest BCUT2D eigenvalue weighted by atomic mass is 79.9. The molecule has 1 unspecified atom stereocenters. The Morgan fingerprint density at radius 3 is 2.94 bits per heavy atom. The first-order valence-corrected chi connectivity index (χ1v) is 6.61. The molecule has 0 radical (unpaired) electrons. The second-order valence-electron chi connectivity index (χ2n) is 3.16. The van der Waals surface area contributed by atoms with Crippen molar-refractivity contribution in [3.05, 3.63) is 33.1 Å². The van der Waals surface area contributed by atoms with Crippen LogP contribution in [0.2, 0.25) is 0 Å². The first-order valence-electron chi connectivity index (χ1n) is 4.42. The van der Waals surface area contributed by atoms with Gasteiger partial charge in [0.15, 0.2) is 0 Å². The predicted molar refractivity (Wildman–Crippen MR) is 72.3 cm³/mol. The molecule has 6 heteroatoms. The minimum Gasteiger partial charge on any atom is -0.507 e. The van der Waals surface area contributed by atoms with E-state index in [9.17, 15) is 9.90 Å². The molecule has 1 fully saturated rings. The molecule has 84 valence electrons. The Labute approximate surface area is 111 Å². The molecule has 0 spiro atoms. The number of rotatable bonds is 1. The minimum absolute atomic E-state index is 0.145. The SMILES string of the molecule is O=C1NC(S)S/C1=C\c1cc(Br)ccc1O. The number of phenols is 1. The summed E-state index contributed by atoms with van der Waals surface area (Å²) in [4.78, 5) is 12.0. The van der Waals surface area contributed by atoms with Gasteiger partial charge in [0, 0.05) is 10.0 Å². The monoisotopic (exact) mass is 317 g/mol. The summed E-state index contributed by atoms with van der Waals surface area (Å²) in [6, 6.07) is 5.06. The Balaban J connectivity index is 2.35. The van der Waals surface area contributed by atoms with Gasteiger partial charge in [0.25, 0.3) is 5.91 Å². The molecule has 1 heterocycles. The second-order valence-corrected chi connectivity index (χ2v) is 6.08. The van der Waals surface area contributed by atoms with Gasteiger partial charge in [-0.3, -0.25) is 4.79 Å². The quantitative estimate of drug-likeness (QED) is 0.551.